The molecule has 0 atom stereocenters. The minimum Gasteiger partial charge on any atom is -0.339 e. The van der Waals surface area contributed by atoms with E-state index in [1.54, 1.807) is 17.0 Å². The second-order valence-electron chi connectivity index (χ2n) is 5.95. The van der Waals surface area contributed by atoms with Gasteiger partial charge in [-0.1, -0.05) is 0 Å². The molecule has 2 aromatic heterocycles. The Bertz CT molecular complexity index is 987. The first-order valence-electron chi connectivity index (χ1n) is 8.27. The van der Waals surface area contributed by atoms with Gasteiger partial charge in [0.2, 0.25) is 11.7 Å². The number of hydrogen-bond donors (Lipinski definition) is 1. The molecule has 0 radical (unpaired) electrons. The Balaban J connectivity index is 1.64. The molecule has 3 aromatic rings. The van der Waals surface area contributed by atoms with Gasteiger partial charge in [-0.05, 0) is 49.2 Å². The van der Waals surface area contributed by atoms with Crippen LogP contribution in [0.15, 0.2) is 30.3 Å². The molecule has 1 aromatic carbocycles. The minimum absolute atomic E-state index is 0.125. The molecule has 4 rings (SSSR count). The number of benzene rings is 1. The Morgan fingerprint density at radius 1 is 1.19 bits per heavy atom. The molecule has 0 fully saturated rings. The summed E-state index contributed by atoms with van der Waals surface area (Å²) in [7, 11) is 0. The lowest BCUT2D eigenvalue weighted by atomic mass is 10.0. The molecule has 0 aliphatic carbocycles. The van der Waals surface area contributed by atoms with Crippen molar-refractivity contribution in [2.75, 3.05) is 16.8 Å². The minimum atomic E-state index is -2.76. The van der Waals surface area contributed by atoms with Gasteiger partial charge in [-0.3, -0.25) is 4.79 Å². The lowest BCUT2D eigenvalue weighted by Crippen LogP contribution is -2.34. The number of carbonyl (C=O) groups is 1. The molecule has 7 nitrogen and oxygen atoms in total. The summed E-state index contributed by atoms with van der Waals surface area (Å²) in [4.78, 5) is 13.7. The van der Waals surface area contributed by atoms with Gasteiger partial charge in [0.25, 0.3) is 6.43 Å². The Hall–Kier alpha value is -3.10. The van der Waals surface area contributed by atoms with Crippen LogP contribution >= 0.6 is 0 Å². The molecule has 134 valence electrons. The second-order valence-corrected chi connectivity index (χ2v) is 5.95. The van der Waals surface area contributed by atoms with Crippen LogP contribution < -0.4 is 10.2 Å². The van der Waals surface area contributed by atoms with Crippen LogP contribution in [0, 0.1) is 0 Å². The highest BCUT2D eigenvalue weighted by Crippen LogP contribution is 2.31. The van der Waals surface area contributed by atoms with Crippen molar-refractivity contribution in [1.29, 1.82) is 0 Å². The Morgan fingerprint density at radius 2 is 2.04 bits per heavy atom. The molecule has 1 aliphatic rings. The predicted molar refractivity (Wildman–Crippen MR) is 91.8 cm³/mol. The first-order valence-corrected chi connectivity index (χ1v) is 8.27. The largest absolute Gasteiger partial charge is 0.339 e. The van der Waals surface area contributed by atoms with Crippen LogP contribution in [0.1, 0.15) is 31.2 Å². The summed E-state index contributed by atoms with van der Waals surface area (Å²) in [6.45, 7) is 2.57. The summed E-state index contributed by atoms with van der Waals surface area (Å²) < 4.78 is 27.0. The number of rotatable bonds is 4. The zero-order valence-corrected chi connectivity index (χ0v) is 14.0. The zero-order chi connectivity index (χ0) is 18.3. The average molecular weight is 358 g/mol. The summed E-state index contributed by atoms with van der Waals surface area (Å²) in [5.74, 6) is 0.0320. The normalized spacial score (nSPS) is 14.2. The van der Waals surface area contributed by atoms with Crippen molar-refractivity contribution in [3.8, 4) is 0 Å². The number of fused-ring (bicyclic) bond motifs is 2. The molecule has 0 bridgehead atoms. The van der Waals surface area contributed by atoms with Crippen molar-refractivity contribution in [2.24, 2.45) is 0 Å². The zero-order valence-electron chi connectivity index (χ0n) is 14.0. The molecule has 0 spiro atoms. The molecule has 0 saturated carbocycles. The summed E-state index contributed by atoms with van der Waals surface area (Å²) in [6.07, 6.45) is -1.60. The highest BCUT2D eigenvalue weighted by atomic mass is 19.3. The Morgan fingerprint density at radius 3 is 2.81 bits per heavy atom. The van der Waals surface area contributed by atoms with Gasteiger partial charge in [0.1, 0.15) is 0 Å². The average Bonchev–Trinajstić information content (AvgIpc) is 3.05. The van der Waals surface area contributed by atoms with Crippen molar-refractivity contribution >= 4 is 28.7 Å². The van der Waals surface area contributed by atoms with Crippen LogP contribution in [0.2, 0.25) is 0 Å². The third-order valence-corrected chi connectivity index (χ3v) is 4.35. The summed E-state index contributed by atoms with van der Waals surface area (Å²) >= 11 is 0. The Labute approximate surface area is 147 Å². The molecule has 26 heavy (non-hydrogen) atoms. The quantitative estimate of drug-likeness (QED) is 0.776. The number of aromatic nitrogens is 4. The fraction of sp³-hybridized carbons (Fsp3) is 0.294. The van der Waals surface area contributed by atoms with Crippen molar-refractivity contribution < 1.29 is 13.6 Å². The van der Waals surface area contributed by atoms with E-state index in [-0.39, 0.29) is 11.6 Å². The molecular weight excluding hydrogens is 342 g/mol. The van der Waals surface area contributed by atoms with Crippen molar-refractivity contribution in [3.63, 3.8) is 0 Å². The van der Waals surface area contributed by atoms with Gasteiger partial charge >= 0.3 is 0 Å². The van der Waals surface area contributed by atoms with E-state index in [1.165, 1.54) is 0 Å². The van der Waals surface area contributed by atoms with E-state index in [2.05, 4.69) is 20.6 Å². The van der Waals surface area contributed by atoms with E-state index in [4.69, 9.17) is 0 Å². The number of halogens is 2. The van der Waals surface area contributed by atoms with E-state index in [9.17, 15) is 13.6 Å². The van der Waals surface area contributed by atoms with E-state index in [1.807, 2.05) is 25.1 Å². The SMILES string of the molecule is CCN1C(=O)CCc2cc(Nc3ccc4nnc(C(F)F)n4n3)ccc21. The van der Waals surface area contributed by atoms with Crippen molar-refractivity contribution in [2.45, 2.75) is 26.2 Å². The summed E-state index contributed by atoms with van der Waals surface area (Å²) in [5, 5.41) is 14.4. The maximum Gasteiger partial charge on any atom is 0.299 e. The topological polar surface area (TPSA) is 75.4 Å². The van der Waals surface area contributed by atoms with Gasteiger partial charge in [0.15, 0.2) is 11.5 Å². The van der Waals surface area contributed by atoms with E-state index < -0.39 is 12.2 Å². The molecule has 1 N–H and O–H groups in total. The van der Waals surface area contributed by atoms with Crippen LogP contribution in [0.4, 0.5) is 26.0 Å². The number of nitrogens with zero attached hydrogens (tertiary/aromatic N) is 5. The fourth-order valence-corrected chi connectivity index (χ4v) is 3.14. The number of hydrogen-bond acceptors (Lipinski definition) is 5. The standard InChI is InChI=1S/C17H16F2N6O/c1-2-24-12-5-4-11(9-10(12)3-8-15(24)26)20-13-6-7-14-21-22-17(16(18)19)25(14)23-13/h4-7,9,16H,2-3,8H2,1H3,(H,20,23). The maximum atomic E-state index is 13.0. The van der Waals surface area contributed by atoms with Crippen molar-refractivity contribution in [3.05, 3.63) is 41.7 Å². The molecule has 0 saturated heterocycles. The monoisotopic (exact) mass is 358 g/mol. The molecule has 0 unspecified atom stereocenters. The van der Waals surface area contributed by atoms with E-state index in [0.29, 0.717) is 25.2 Å². The first kappa shape index (κ1) is 16.4. The number of amides is 1. The van der Waals surface area contributed by atoms with Gasteiger partial charge < -0.3 is 10.2 Å². The summed E-state index contributed by atoms with van der Waals surface area (Å²) in [5.41, 5.74) is 3.01. The number of nitrogens with one attached hydrogen (secondary N) is 1. The fourth-order valence-electron chi connectivity index (χ4n) is 3.14. The molecule has 3 heterocycles. The van der Waals surface area contributed by atoms with E-state index in [0.717, 1.165) is 21.5 Å². The van der Waals surface area contributed by atoms with Crippen LogP contribution in [0.3, 0.4) is 0 Å². The molecule has 9 heteroatoms. The first-order chi connectivity index (χ1) is 12.6. The maximum absolute atomic E-state index is 13.0. The highest BCUT2D eigenvalue weighted by molar-refractivity contribution is 5.96. The van der Waals surface area contributed by atoms with Crippen LogP contribution in [0.5, 0.6) is 0 Å². The number of aryl methyl sites for hydroxylation is 1. The van der Waals surface area contributed by atoms with Crippen LogP contribution in [-0.2, 0) is 11.2 Å². The van der Waals surface area contributed by atoms with Gasteiger partial charge in [0, 0.05) is 24.3 Å². The highest BCUT2D eigenvalue weighted by Gasteiger charge is 2.23. The molecule has 1 aliphatic heterocycles. The van der Waals surface area contributed by atoms with Crippen LogP contribution in [0.25, 0.3) is 5.65 Å². The smallest absolute Gasteiger partial charge is 0.299 e. The Kier molecular flexibility index (Phi) is 3.98. The molecular formula is C17H16F2N6O. The third-order valence-electron chi connectivity index (χ3n) is 4.35. The van der Waals surface area contributed by atoms with Gasteiger partial charge in [0.05, 0.1) is 0 Å². The van der Waals surface area contributed by atoms with Crippen molar-refractivity contribution in [1.82, 2.24) is 19.8 Å². The van der Waals surface area contributed by atoms with Gasteiger partial charge in [-0.25, -0.2) is 8.78 Å². The van der Waals surface area contributed by atoms with Gasteiger partial charge in [-0.2, -0.15) is 4.52 Å². The predicted octanol–water partition coefficient (Wildman–Crippen LogP) is 3.10. The third kappa shape index (κ3) is 2.75. The lowest BCUT2D eigenvalue weighted by molar-refractivity contribution is -0.118. The second kappa shape index (κ2) is 6.32. The molecule has 1 amide bonds. The summed E-state index contributed by atoms with van der Waals surface area (Å²) in [6, 6.07) is 8.91. The van der Waals surface area contributed by atoms with Gasteiger partial charge in [-0.15, -0.1) is 15.3 Å². The van der Waals surface area contributed by atoms with E-state index >= 15 is 0 Å². The lowest BCUT2D eigenvalue weighted by Gasteiger charge is -2.28. The number of alkyl halides is 2. The number of carbonyl (C=O) groups excluding carboxylic acids is 1. The van der Waals surface area contributed by atoms with Crippen LogP contribution in [-0.4, -0.2) is 32.3 Å². The number of anilines is 3.